The number of cyclic esters (lactones) is 1. The molecular formula is C21H34N2O2. The van der Waals surface area contributed by atoms with Gasteiger partial charge in [0.2, 0.25) is 0 Å². The van der Waals surface area contributed by atoms with Crippen molar-refractivity contribution in [1.82, 2.24) is 9.80 Å². The predicted molar refractivity (Wildman–Crippen MR) is 103 cm³/mol. The van der Waals surface area contributed by atoms with E-state index in [0.717, 1.165) is 58.3 Å². The van der Waals surface area contributed by atoms with Crippen molar-refractivity contribution in [1.29, 1.82) is 0 Å². The summed E-state index contributed by atoms with van der Waals surface area (Å²) >= 11 is 0. The Labute approximate surface area is 153 Å². The van der Waals surface area contributed by atoms with E-state index in [1.165, 1.54) is 11.1 Å². The Kier molecular flexibility index (Phi) is 8.26. The van der Waals surface area contributed by atoms with Crippen molar-refractivity contribution >= 4 is 6.09 Å². The number of ether oxygens (including phenoxy) is 1. The molecule has 140 valence electrons. The van der Waals surface area contributed by atoms with Crippen molar-refractivity contribution in [3.05, 3.63) is 35.4 Å². The summed E-state index contributed by atoms with van der Waals surface area (Å²) in [5.41, 5.74) is 2.82. The Hall–Kier alpha value is -1.55. The fraction of sp³-hybridized carbons (Fsp3) is 0.667. The zero-order valence-corrected chi connectivity index (χ0v) is 16.2. The van der Waals surface area contributed by atoms with Crippen molar-refractivity contribution in [3.8, 4) is 0 Å². The smallest absolute Gasteiger partial charge is 0.409 e. The Balaban J connectivity index is 1.71. The topological polar surface area (TPSA) is 32.8 Å². The van der Waals surface area contributed by atoms with Crippen LogP contribution in [-0.4, -0.2) is 54.7 Å². The van der Waals surface area contributed by atoms with Crippen LogP contribution in [0, 0.1) is 0 Å². The lowest BCUT2D eigenvalue weighted by Crippen LogP contribution is -2.39. The van der Waals surface area contributed by atoms with Crippen LogP contribution in [0.2, 0.25) is 0 Å². The first kappa shape index (κ1) is 19.8. The fourth-order valence-electron chi connectivity index (χ4n) is 3.49. The van der Waals surface area contributed by atoms with E-state index in [-0.39, 0.29) is 6.09 Å². The molecule has 4 nitrogen and oxygen atoms in total. The Morgan fingerprint density at radius 3 is 2.52 bits per heavy atom. The van der Waals surface area contributed by atoms with Gasteiger partial charge in [-0.25, -0.2) is 4.79 Å². The number of nitrogens with zero attached hydrogens (tertiary/aromatic N) is 2. The minimum Gasteiger partial charge on any atom is -0.449 e. The molecule has 0 radical (unpaired) electrons. The minimum absolute atomic E-state index is 0.137. The molecule has 0 bridgehead atoms. The van der Waals surface area contributed by atoms with E-state index in [2.05, 4.69) is 49.9 Å². The van der Waals surface area contributed by atoms with Gasteiger partial charge in [-0.3, -0.25) is 0 Å². The lowest BCUT2D eigenvalue weighted by Gasteiger charge is -2.29. The highest BCUT2D eigenvalue weighted by molar-refractivity contribution is 5.68. The number of aryl methyl sites for hydroxylation is 1. The molecule has 0 spiro atoms. The molecule has 0 saturated carbocycles. The molecule has 1 aromatic rings. The molecule has 1 heterocycles. The number of rotatable bonds is 10. The number of benzene rings is 1. The lowest BCUT2D eigenvalue weighted by molar-refractivity contribution is 0.0717. The van der Waals surface area contributed by atoms with Gasteiger partial charge in [-0.2, -0.15) is 0 Å². The lowest BCUT2D eigenvalue weighted by atomic mass is 10.0. The van der Waals surface area contributed by atoms with Crippen molar-refractivity contribution in [2.75, 3.05) is 32.8 Å². The molecule has 1 aromatic carbocycles. The third kappa shape index (κ3) is 6.35. The first-order valence-electron chi connectivity index (χ1n) is 9.87. The van der Waals surface area contributed by atoms with Crippen molar-refractivity contribution < 1.29 is 9.53 Å². The maximum Gasteiger partial charge on any atom is 0.409 e. The summed E-state index contributed by atoms with van der Waals surface area (Å²) in [7, 11) is 0. The fourth-order valence-corrected chi connectivity index (χ4v) is 3.49. The molecule has 0 aromatic heterocycles. The molecule has 0 N–H and O–H groups in total. The second-order valence-electron chi connectivity index (χ2n) is 7.01. The van der Waals surface area contributed by atoms with Gasteiger partial charge < -0.3 is 14.5 Å². The Bertz CT molecular complexity index is 515. The highest BCUT2D eigenvalue weighted by atomic mass is 16.6. The summed E-state index contributed by atoms with van der Waals surface area (Å²) in [6.45, 7) is 11.2. The summed E-state index contributed by atoms with van der Waals surface area (Å²) in [5, 5.41) is 0. The molecule has 2 rings (SSSR count). The van der Waals surface area contributed by atoms with Gasteiger partial charge in [0.25, 0.3) is 0 Å². The maximum absolute atomic E-state index is 11.6. The number of hydrogen-bond donors (Lipinski definition) is 0. The van der Waals surface area contributed by atoms with Gasteiger partial charge in [-0.1, -0.05) is 38.1 Å². The highest BCUT2D eigenvalue weighted by Crippen LogP contribution is 2.12. The molecule has 1 atom stereocenters. The average molecular weight is 347 g/mol. The van der Waals surface area contributed by atoms with Gasteiger partial charge in [0.1, 0.15) is 0 Å². The van der Waals surface area contributed by atoms with E-state index in [4.69, 9.17) is 4.74 Å². The van der Waals surface area contributed by atoms with Crippen LogP contribution in [0.1, 0.15) is 51.2 Å². The third-order valence-electron chi connectivity index (χ3n) is 5.17. The predicted octanol–water partition coefficient (Wildman–Crippen LogP) is 4.12. The zero-order valence-electron chi connectivity index (χ0n) is 16.2. The second-order valence-corrected chi connectivity index (χ2v) is 7.01. The summed E-state index contributed by atoms with van der Waals surface area (Å²) in [6.07, 6.45) is 5.18. The summed E-state index contributed by atoms with van der Waals surface area (Å²) in [4.78, 5) is 16.0. The quantitative estimate of drug-likeness (QED) is 0.597. The van der Waals surface area contributed by atoms with Crippen molar-refractivity contribution in [2.24, 2.45) is 0 Å². The van der Waals surface area contributed by atoms with E-state index in [0.29, 0.717) is 12.6 Å². The Morgan fingerprint density at radius 1 is 1.16 bits per heavy atom. The highest BCUT2D eigenvalue weighted by Gasteiger charge is 2.19. The Morgan fingerprint density at radius 2 is 1.88 bits per heavy atom. The van der Waals surface area contributed by atoms with Gasteiger partial charge in [-0.05, 0) is 63.2 Å². The maximum atomic E-state index is 11.6. The van der Waals surface area contributed by atoms with Crippen LogP contribution >= 0.6 is 0 Å². The van der Waals surface area contributed by atoms with Gasteiger partial charge in [0.05, 0.1) is 6.61 Å². The summed E-state index contributed by atoms with van der Waals surface area (Å²) in [5.74, 6) is 0. The van der Waals surface area contributed by atoms with Crippen LogP contribution in [0.4, 0.5) is 4.79 Å². The van der Waals surface area contributed by atoms with Gasteiger partial charge >= 0.3 is 6.09 Å². The minimum atomic E-state index is -0.137. The molecule has 0 aliphatic carbocycles. The number of amides is 1. The number of unbranched alkanes of at least 4 members (excludes halogenated alkanes) is 1. The number of hydrogen-bond acceptors (Lipinski definition) is 3. The van der Waals surface area contributed by atoms with E-state index < -0.39 is 0 Å². The molecule has 25 heavy (non-hydrogen) atoms. The van der Waals surface area contributed by atoms with Crippen LogP contribution in [0.3, 0.4) is 0 Å². The van der Waals surface area contributed by atoms with Crippen molar-refractivity contribution in [2.45, 2.75) is 58.9 Å². The number of carbonyl (C=O) groups is 1. The molecule has 1 aliphatic rings. The van der Waals surface area contributed by atoms with Gasteiger partial charge in [0, 0.05) is 19.1 Å². The average Bonchev–Trinajstić information content (AvgIpc) is 2.63. The third-order valence-corrected chi connectivity index (χ3v) is 5.17. The van der Waals surface area contributed by atoms with Crippen LogP contribution in [0.15, 0.2) is 24.3 Å². The number of likely N-dealkylation sites (N-methyl/N-ethyl adjacent to an activating group) is 1. The van der Waals surface area contributed by atoms with E-state index in [1.807, 2.05) is 4.90 Å². The number of carbonyl (C=O) groups excluding carboxylic acids is 1. The van der Waals surface area contributed by atoms with Gasteiger partial charge in [-0.15, -0.1) is 0 Å². The molecule has 1 saturated heterocycles. The van der Waals surface area contributed by atoms with E-state index >= 15 is 0 Å². The molecular weight excluding hydrogens is 312 g/mol. The SMILES string of the molecule is CCc1ccc(CC(C)N(CC)CCCCN2CCCOC2=O)cc1. The standard InChI is InChI=1S/C21H34N2O2/c1-4-19-9-11-20(12-10-19)17-18(3)22(5-2)13-6-7-14-23-15-8-16-25-21(23)24/h9-12,18H,4-8,13-17H2,1-3H3. The molecule has 1 unspecified atom stereocenters. The largest absolute Gasteiger partial charge is 0.449 e. The zero-order chi connectivity index (χ0) is 18.1. The molecule has 1 fully saturated rings. The van der Waals surface area contributed by atoms with Crippen LogP contribution in [0.25, 0.3) is 0 Å². The van der Waals surface area contributed by atoms with E-state index in [1.54, 1.807) is 0 Å². The monoisotopic (exact) mass is 346 g/mol. The molecule has 1 amide bonds. The van der Waals surface area contributed by atoms with Crippen LogP contribution in [0.5, 0.6) is 0 Å². The summed E-state index contributed by atoms with van der Waals surface area (Å²) < 4.78 is 5.09. The van der Waals surface area contributed by atoms with Gasteiger partial charge in [0.15, 0.2) is 0 Å². The van der Waals surface area contributed by atoms with Crippen LogP contribution < -0.4 is 0 Å². The first-order valence-corrected chi connectivity index (χ1v) is 9.87. The normalized spacial score (nSPS) is 16.2. The summed E-state index contributed by atoms with van der Waals surface area (Å²) in [6, 6.07) is 9.57. The first-order chi connectivity index (χ1) is 12.1. The molecule has 1 aliphatic heterocycles. The van der Waals surface area contributed by atoms with Crippen molar-refractivity contribution in [3.63, 3.8) is 0 Å². The second kappa shape index (κ2) is 10.4. The van der Waals surface area contributed by atoms with Crippen LogP contribution in [-0.2, 0) is 17.6 Å². The molecule has 4 heteroatoms. The van der Waals surface area contributed by atoms with E-state index in [9.17, 15) is 4.79 Å².